The minimum absolute atomic E-state index is 0. The highest BCUT2D eigenvalue weighted by Gasteiger charge is 2.32. The SMILES string of the molecule is CC(C)(C)NCc1cc(F)cc(-c2ccc(C(F)(F)F)nc2)c1O.Cl. The fraction of sp³-hybridized carbons (Fsp3) is 0.353. The average molecular weight is 379 g/mol. The fourth-order valence-electron chi connectivity index (χ4n) is 2.09. The molecule has 0 fully saturated rings. The van der Waals surface area contributed by atoms with Gasteiger partial charge in [-0.15, -0.1) is 12.4 Å². The molecule has 1 aromatic heterocycles. The number of nitrogens with one attached hydrogen (secondary N) is 1. The Morgan fingerprint density at radius 1 is 1.12 bits per heavy atom. The summed E-state index contributed by atoms with van der Waals surface area (Å²) in [6, 6.07) is 4.22. The third-order valence-electron chi connectivity index (χ3n) is 3.33. The van der Waals surface area contributed by atoms with Gasteiger partial charge in [-0.25, -0.2) is 4.39 Å². The van der Waals surface area contributed by atoms with E-state index in [1.54, 1.807) is 0 Å². The first-order valence-corrected chi connectivity index (χ1v) is 7.27. The Morgan fingerprint density at radius 3 is 2.24 bits per heavy atom. The molecule has 0 radical (unpaired) electrons. The standard InChI is InChI=1S/C17H18F4N2O.ClH/c1-16(2,3)23-9-11-6-12(18)7-13(15(11)24)10-4-5-14(22-8-10)17(19,20)21;/h4-8,23-24H,9H2,1-3H3;1H. The molecule has 138 valence electrons. The van der Waals surface area contributed by atoms with Crippen LogP contribution in [0, 0.1) is 5.82 Å². The van der Waals surface area contributed by atoms with Crippen molar-refractivity contribution in [2.45, 2.75) is 39.0 Å². The zero-order chi connectivity index (χ0) is 18.1. The highest BCUT2D eigenvalue weighted by Crippen LogP contribution is 2.35. The summed E-state index contributed by atoms with van der Waals surface area (Å²) in [6.07, 6.45) is -3.58. The molecule has 0 aliphatic rings. The van der Waals surface area contributed by atoms with Crippen LogP contribution in [0.1, 0.15) is 32.0 Å². The number of hydrogen-bond acceptors (Lipinski definition) is 3. The van der Waals surface area contributed by atoms with Gasteiger partial charge in [-0.05, 0) is 39.0 Å². The topological polar surface area (TPSA) is 45.2 Å². The fourth-order valence-corrected chi connectivity index (χ4v) is 2.09. The smallest absolute Gasteiger partial charge is 0.433 e. The molecule has 0 aliphatic heterocycles. The molecule has 0 amide bonds. The Bertz CT molecular complexity index is 725. The van der Waals surface area contributed by atoms with Crippen LogP contribution < -0.4 is 5.32 Å². The summed E-state index contributed by atoms with van der Waals surface area (Å²) in [5, 5.41) is 13.5. The van der Waals surface area contributed by atoms with Crippen molar-refractivity contribution < 1.29 is 22.7 Å². The van der Waals surface area contributed by atoms with Crippen LogP contribution in [0.2, 0.25) is 0 Å². The number of alkyl halides is 3. The molecule has 1 heterocycles. The van der Waals surface area contributed by atoms with Crippen molar-refractivity contribution in [3.63, 3.8) is 0 Å². The van der Waals surface area contributed by atoms with E-state index >= 15 is 0 Å². The minimum Gasteiger partial charge on any atom is -0.507 e. The molecule has 1 aromatic carbocycles. The predicted octanol–water partition coefficient (Wildman–Crippen LogP) is 4.92. The number of rotatable bonds is 3. The molecule has 0 bridgehead atoms. The van der Waals surface area contributed by atoms with E-state index in [0.29, 0.717) is 5.56 Å². The molecular formula is C17H19ClF4N2O. The third-order valence-corrected chi connectivity index (χ3v) is 3.33. The van der Waals surface area contributed by atoms with Crippen molar-refractivity contribution in [3.8, 4) is 16.9 Å². The van der Waals surface area contributed by atoms with Crippen molar-refractivity contribution in [1.29, 1.82) is 0 Å². The van der Waals surface area contributed by atoms with E-state index in [0.717, 1.165) is 24.4 Å². The quantitative estimate of drug-likeness (QED) is 0.745. The summed E-state index contributed by atoms with van der Waals surface area (Å²) < 4.78 is 51.5. The van der Waals surface area contributed by atoms with Crippen molar-refractivity contribution in [2.75, 3.05) is 0 Å². The zero-order valence-corrected chi connectivity index (χ0v) is 14.7. The molecule has 3 nitrogen and oxygen atoms in total. The number of hydrogen-bond donors (Lipinski definition) is 2. The molecule has 0 saturated heterocycles. The van der Waals surface area contributed by atoms with E-state index in [-0.39, 0.29) is 41.4 Å². The highest BCUT2D eigenvalue weighted by molar-refractivity contribution is 5.85. The van der Waals surface area contributed by atoms with Gasteiger partial charge in [0, 0.05) is 35.0 Å². The second-order valence-electron chi connectivity index (χ2n) is 6.49. The minimum atomic E-state index is -4.55. The van der Waals surface area contributed by atoms with Crippen LogP contribution in [0.15, 0.2) is 30.5 Å². The van der Waals surface area contributed by atoms with Crippen LogP contribution in [-0.4, -0.2) is 15.6 Å². The zero-order valence-electron chi connectivity index (χ0n) is 13.9. The normalized spacial score (nSPS) is 12.0. The number of aromatic hydroxyl groups is 1. The molecule has 0 aliphatic carbocycles. The van der Waals surface area contributed by atoms with E-state index in [1.165, 1.54) is 6.07 Å². The van der Waals surface area contributed by atoms with Gasteiger partial charge in [0.15, 0.2) is 0 Å². The number of halogens is 5. The third kappa shape index (κ3) is 5.57. The maximum absolute atomic E-state index is 13.8. The Kier molecular flexibility index (Phi) is 6.42. The van der Waals surface area contributed by atoms with E-state index in [4.69, 9.17) is 0 Å². The summed E-state index contributed by atoms with van der Waals surface area (Å²) in [4.78, 5) is 3.34. The van der Waals surface area contributed by atoms with E-state index < -0.39 is 17.7 Å². The van der Waals surface area contributed by atoms with Gasteiger partial charge in [-0.1, -0.05) is 6.07 Å². The lowest BCUT2D eigenvalue weighted by atomic mass is 10.0. The summed E-state index contributed by atoms with van der Waals surface area (Å²) >= 11 is 0. The second kappa shape index (κ2) is 7.58. The highest BCUT2D eigenvalue weighted by atomic mass is 35.5. The largest absolute Gasteiger partial charge is 0.507 e. The molecule has 0 saturated carbocycles. The van der Waals surface area contributed by atoms with Crippen LogP contribution in [-0.2, 0) is 12.7 Å². The summed E-state index contributed by atoms with van der Waals surface area (Å²) in [7, 11) is 0. The lowest BCUT2D eigenvalue weighted by molar-refractivity contribution is -0.141. The van der Waals surface area contributed by atoms with Crippen LogP contribution in [0.3, 0.4) is 0 Å². The van der Waals surface area contributed by atoms with Crippen molar-refractivity contribution in [2.24, 2.45) is 0 Å². The first-order valence-electron chi connectivity index (χ1n) is 7.27. The van der Waals surface area contributed by atoms with E-state index in [2.05, 4.69) is 10.3 Å². The molecule has 2 aromatic rings. The summed E-state index contributed by atoms with van der Waals surface area (Å²) in [5.41, 5.74) is -0.662. The summed E-state index contributed by atoms with van der Waals surface area (Å²) in [5.74, 6) is -0.775. The van der Waals surface area contributed by atoms with Gasteiger partial charge in [0.1, 0.15) is 17.3 Å². The van der Waals surface area contributed by atoms with Crippen LogP contribution in [0.25, 0.3) is 11.1 Å². The first-order chi connectivity index (χ1) is 11.0. The van der Waals surface area contributed by atoms with Crippen LogP contribution in [0.4, 0.5) is 17.6 Å². The Morgan fingerprint density at radius 2 is 1.76 bits per heavy atom. The van der Waals surface area contributed by atoms with Gasteiger partial charge in [-0.2, -0.15) is 13.2 Å². The molecule has 0 spiro atoms. The number of aromatic nitrogens is 1. The van der Waals surface area contributed by atoms with Crippen LogP contribution >= 0.6 is 12.4 Å². The molecular weight excluding hydrogens is 360 g/mol. The van der Waals surface area contributed by atoms with E-state index in [1.807, 2.05) is 20.8 Å². The molecule has 8 heteroatoms. The number of pyridine rings is 1. The maximum Gasteiger partial charge on any atom is 0.433 e. The van der Waals surface area contributed by atoms with Gasteiger partial charge in [0.2, 0.25) is 0 Å². The second-order valence-corrected chi connectivity index (χ2v) is 6.49. The van der Waals surface area contributed by atoms with Gasteiger partial charge in [-0.3, -0.25) is 4.98 Å². The predicted molar refractivity (Wildman–Crippen MR) is 90.1 cm³/mol. The number of benzene rings is 1. The molecule has 25 heavy (non-hydrogen) atoms. The van der Waals surface area contributed by atoms with Gasteiger partial charge >= 0.3 is 6.18 Å². The van der Waals surface area contributed by atoms with Gasteiger partial charge in [0.25, 0.3) is 0 Å². The number of nitrogens with zero attached hydrogens (tertiary/aromatic N) is 1. The number of phenols is 1. The number of phenolic OH excluding ortho intramolecular Hbond substituents is 1. The van der Waals surface area contributed by atoms with Gasteiger partial charge < -0.3 is 10.4 Å². The van der Waals surface area contributed by atoms with Gasteiger partial charge in [0.05, 0.1) is 0 Å². The Hall–Kier alpha value is -1.86. The van der Waals surface area contributed by atoms with Crippen molar-refractivity contribution >= 4 is 12.4 Å². The maximum atomic E-state index is 13.8. The van der Waals surface area contributed by atoms with E-state index in [9.17, 15) is 22.7 Å². The molecule has 0 atom stereocenters. The Balaban J connectivity index is 0.00000312. The first kappa shape index (κ1) is 21.2. The van der Waals surface area contributed by atoms with Crippen molar-refractivity contribution in [1.82, 2.24) is 10.3 Å². The van der Waals surface area contributed by atoms with Crippen LogP contribution in [0.5, 0.6) is 5.75 Å². The molecule has 2 N–H and O–H groups in total. The average Bonchev–Trinajstić information content (AvgIpc) is 2.46. The lowest BCUT2D eigenvalue weighted by Crippen LogP contribution is -2.35. The molecule has 2 rings (SSSR count). The lowest BCUT2D eigenvalue weighted by Gasteiger charge is -2.21. The Labute approximate surface area is 149 Å². The molecule has 0 unspecified atom stereocenters. The summed E-state index contributed by atoms with van der Waals surface area (Å²) in [6.45, 7) is 5.98. The monoisotopic (exact) mass is 378 g/mol. The van der Waals surface area contributed by atoms with Crippen molar-refractivity contribution in [3.05, 3.63) is 47.5 Å².